The fraction of sp³-hybridized carbons (Fsp3) is 0.0909. The first kappa shape index (κ1) is 8.69. The number of allylic oxidation sites excluding steroid dienone is 1. The number of benzene rings is 1. The maximum atomic E-state index is 11.4. The van der Waals surface area contributed by atoms with Gasteiger partial charge >= 0.3 is 0 Å². The van der Waals surface area contributed by atoms with Gasteiger partial charge in [-0.15, -0.1) is 0 Å². The van der Waals surface area contributed by atoms with Crippen LogP contribution in [0.2, 0.25) is 0 Å². The van der Waals surface area contributed by atoms with Gasteiger partial charge in [-0.3, -0.25) is 9.59 Å². The Morgan fingerprint density at radius 2 is 1.86 bits per heavy atom. The topological polar surface area (TPSA) is 54.4 Å². The minimum Gasteiger partial charge on any atom is -0.507 e. The lowest BCUT2D eigenvalue weighted by Gasteiger charge is -2.11. The Kier molecular flexibility index (Phi) is 1.74. The fourth-order valence-corrected chi connectivity index (χ4v) is 1.47. The van der Waals surface area contributed by atoms with Crippen molar-refractivity contribution in [2.24, 2.45) is 0 Å². The molecule has 0 saturated carbocycles. The van der Waals surface area contributed by atoms with Gasteiger partial charge in [0.15, 0.2) is 0 Å². The molecule has 0 amide bonds. The second-order valence-corrected chi connectivity index (χ2v) is 3.27. The van der Waals surface area contributed by atoms with Crippen LogP contribution >= 0.6 is 0 Å². The van der Waals surface area contributed by atoms with Crippen molar-refractivity contribution in [1.82, 2.24) is 0 Å². The number of ketones is 2. The van der Waals surface area contributed by atoms with Gasteiger partial charge in [-0.05, 0) is 13.0 Å². The van der Waals surface area contributed by atoms with Crippen molar-refractivity contribution in [2.75, 3.05) is 0 Å². The van der Waals surface area contributed by atoms with Crippen LogP contribution in [0.3, 0.4) is 0 Å². The largest absolute Gasteiger partial charge is 0.507 e. The van der Waals surface area contributed by atoms with E-state index in [9.17, 15) is 14.7 Å². The van der Waals surface area contributed by atoms with E-state index >= 15 is 0 Å². The average Bonchev–Trinajstić information content (AvgIpc) is 2.14. The molecule has 0 aromatic heterocycles. The van der Waals surface area contributed by atoms with Crippen LogP contribution in [0.15, 0.2) is 24.3 Å². The zero-order valence-corrected chi connectivity index (χ0v) is 7.57. The molecule has 1 aliphatic rings. The summed E-state index contributed by atoms with van der Waals surface area (Å²) in [5.74, 6) is -1.35. The molecule has 0 radical (unpaired) electrons. The zero-order valence-electron chi connectivity index (χ0n) is 7.57. The summed E-state index contributed by atoms with van der Waals surface area (Å²) in [6.07, 6.45) is 0.958. The average molecular weight is 188 g/mol. The van der Waals surface area contributed by atoms with E-state index in [0.717, 1.165) is 11.6 Å². The van der Waals surface area contributed by atoms with Gasteiger partial charge in [-0.1, -0.05) is 17.7 Å². The summed E-state index contributed by atoms with van der Waals surface area (Å²) in [5, 5.41) is 9.43. The Morgan fingerprint density at radius 1 is 1.14 bits per heavy atom. The van der Waals surface area contributed by atoms with E-state index in [1.165, 1.54) is 0 Å². The smallest absolute Gasteiger partial charge is 0.233 e. The number of aryl methyl sites for hydroxylation is 1. The quantitative estimate of drug-likeness (QED) is 0.630. The first-order valence-corrected chi connectivity index (χ1v) is 4.20. The van der Waals surface area contributed by atoms with Crippen LogP contribution in [0, 0.1) is 6.92 Å². The molecule has 0 fully saturated rings. The first-order valence-electron chi connectivity index (χ1n) is 4.20. The van der Waals surface area contributed by atoms with E-state index in [4.69, 9.17) is 0 Å². The molecule has 1 aromatic carbocycles. The number of aliphatic hydroxyl groups excluding tert-OH is 1. The Labute approximate surface area is 80.7 Å². The van der Waals surface area contributed by atoms with E-state index < -0.39 is 11.6 Å². The highest BCUT2D eigenvalue weighted by Gasteiger charge is 2.25. The van der Waals surface area contributed by atoms with Gasteiger partial charge in [0, 0.05) is 17.2 Å². The van der Waals surface area contributed by atoms with E-state index in [0.29, 0.717) is 5.56 Å². The molecule has 3 nitrogen and oxygen atoms in total. The normalized spacial score (nSPS) is 15.1. The van der Waals surface area contributed by atoms with E-state index in [2.05, 4.69) is 0 Å². The predicted octanol–water partition coefficient (Wildman–Crippen LogP) is 1.66. The molecule has 14 heavy (non-hydrogen) atoms. The summed E-state index contributed by atoms with van der Waals surface area (Å²) in [6, 6.07) is 5.03. The highest BCUT2D eigenvalue weighted by atomic mass is 16.3. The Bertz CT molecular complexity index is 469. The molecule has 2 rings (SSSR count). The lowest BCUT2D eigenvalue weighted by molar-refractivity contribution is -0.111. The lowest BCUT2D eigenvalue weighted by Crippen LogP contribution is -2.18. The van der Waals surface area contributed by atoms with Gasteiger partial charge in [-0.25, -0.2) is 0 Å². The van der Waals surface area contributed by atoms with Crippen LogP contribution in [0.4, 0.5) is 0 Å². The molecule has 0 unspecified atom stereocenters. The fourth-order valence-electron chi connectivity index (χ4n) is 1.47. The summed E-state index contributed by atoms with van der Waals surface area (Å²) >= 11 is 0. The van der Waals surface area contributed by atoms with Crippen LogP contribution in [-0.4, -0.2) is 16.7 Å². The van der Waals surface area contributed by atoms with Crippen molar-refractivity contribution >= 4 is 17.3 Å². The molecule has 0 spiro atoms. The molecule has 3 heteroatoms. The Balaban J connectivity index is 2.72. The van der Waals surface area contributed by atoms with Gasteiger partial charge in [0.2, 0.25) is 11.6 Å². The van der Waals surface area contributed by atoms with Crippen molar-refractivity contribution in [3.63, 3.8) is 0 Å². The SMILES string of the molecule is Cc1ccc2c(c1)C(=O)C(=O)C=C2O. The second-order valence-electron chi connectivity index (χ2n) is 3.27. The number of hydrogen-bond donors (Lipinski definition) is 1. The van der Waals surface area contributed by atoms with Crippen molar-refractivity contribution in [3.8, 4) is 0 Å². The zero-order chi connectivity index (χ0) is 10.3. The molecule has 0 aliphatic heterocycles. The maximum absolute atomic E-state index is 11.4. The second kappa shape index (κ2) is 2.80. The molecule has 1 aliphatic carbocycles. The molecule has 70 valence electrons. The summed E-state index contributed by atoms with van der Waals surface area (Å²) in [4.78, 5) is 22.5. The molecule has 1 N–H and O–H groups in total. The molecule has 0 atom stereocenters. The summed E-state index contributed by atoms with van der Waals surface area (Å²) in [5.41, 5.74) is 1.61. The molecular weight excluding hydrogens is 180 g/mol. The number of hydrogen-bond acceptors (Lipinski definition) is 3. The lowest BCUT2D eigenvalue weighted by atomic mass is 9.92. The van der Waals surface area contributed by atoms with E-state index in [-0.39, 0.29) is 11.3 Å². The van der Waals surface area contributed by atoms with E-state index in [1.54, 1.807) is 18.2 Å². The molecule has 0 saturated heterocycles. The van der Waals surface area contributed by atoms with Gasteiger partial charge in [0.1, 0.15) is 5.76 Å². The van der Waals surface area contributed by atoms with Crippen molar-refractivity contribution in [1.29, 1.82) is 0 Å². The monoisotopic (exact) mass is 188 g/mol. The van der Waals surface area contributed by atoms with Gasteiger partial charge in [0.25, 0.3) is 0 Å². The molecular formula is C11H8O3. The summed E-state index contributed by atoms with van der Waals surface area (Å²) in [7, 11) is 0. The predicted molar refractivity (Wildman–Crippen MR) is 51.1 cm³/mol. The highest BCUT2D eigenvalue weighted by molar-refractivity contribution is 6.50. The number of aliphatic hydroxyl groups is 1. The number of Topliss-reactive ketones (excluding diaryl/α,β-unsaturated/α-hetero) is 1. The van der Waals surface area contributed by atoms with Gasteiger partial charge < -0.3 is 5.11 Å². The maximum Gasteiger partial charge on any atom is 0.233 e. The van der Waals surface area contributed by atoms with Gasteiger partial charge in [-0.2, -0.15) is 0 Å². The van der Waals surface area contributed by atoms with Crippen LogP contribution < -0.4 is 0 Å². The third kappa shape index (κ3) is 1.14. The number of rotatable bonds is 0. The van der Waals surface area contributed by atoms with E-state index in [1.807, 2.05) is 6.92 Å². The van der Waals surface area contributed by atoms with Crippen LogP contribution in [0.5, 0.6) is 0 Å². The van der Waals surface area contributed by atoms with Crippen molar-refractivity contribution < 1.29 is 14.7 Å². The Hall–Kier alpha value is -1.90. The highest BCUT2D eigenvalue weighted by Crippen LogP contribution is 2.23. The first-order chi connectivity index (χ1) is 6.59. The van der Waals surface area contributed by atoms with Crippen LogP contribution in [0.1, 0.15) is 21.5 Å². The third-order valence-corrected chi connectivity index (χ3v) is 2.19. The minimum absolute atomic E-state index is 0.135. The van der Waals surface area contributed by atoms with Crippen molar-refractivity contribution in [2.45, 2.75) is 6.92 Å². The molecule has 1 aromatic rings. The van der Waals surface area contributed by atoms with Gasteiger partial charge in [0.05, 0.1) is 0 Å². The molecule has 0 bridgehead atoms. The summed E-state index contributed by atoms with van der Waals surface area (Å²) < 4.78 is 0. The number of carbonyl (C=O) groups is 2. The summed E-state index contributed by atoms with van der Waals surface area (Å²) in [6.45, 7) is 1.83. The van der Waals surface area contributed by atoms with Crippen molar-refractivity contribution in [3.05, 3.63) is 41.0 Å². The standard InChI is InChI=1S/C11H8O3/c1-6-2-3-7-8(4-6)11(14)10(13)5-9(7)12/h2-5,12H,1H3. The minimum atomic E-state index is -0.666. The third-order valence-electron chi connectivity index (χ3n) is 2.19. The number of fused-ring (bicyclic) bond motifs is 1. The number of carbonyl (C=O) groups excluding carboxylic acids is 2. The Morgan fingerprint density at radius 3 is 2.57 bits per heavy atom. The molecule has 0 heterocycles. The van der Waals surface area contributed by atoms with Crippen LogP contribution in [-0.2, 0) is 4.79 Å². The van der Waals surface area contributed by atoms with Crippen LogP contribution in [0.25, 0.3) is 5.76 Å².